The van der Waals surface area contributed by atoms with Crippen molar-refractivity contribution >= 4 is 5.84 Å². The summed E-state index contributed by atoms with van der Waals surface area (Å²) in [5, 5.41) is 20.2. The van der Waals surface area contributed by atoms with Crippen LogP contribution in [0.5, 0.6) is 0 Å². The number of aliphatic hydroxyl groups is 1. The minimum Gasteiger partial charge on any atom is -0.409 e. The predicted octanol–water partition coefficient (Wildman–Crippen LogP) is -0.174. The number of hydrogen-bond acceptors (Lipinski definition) is 4. The topological polar surface area (TPSA) is 82.1 Å². The number of nitrogens with zero attached hydrogens (tertiary/aromatic N) is 2. The van der Waals surface area contributed by atoms with E-state index in [9.17, 15) is 0 Å². The second-order valence-electron chi connectivity index (χ2n) is 3.28. The third-order valence-electron chi connectivity index (χ3n) is 1.81. The highest BCUT2D eigenvalue weighted by atomic mass is 16.4. The molecule has 0 aliphatic rings. The Kier molecular flexibility index (Phi) is 6.26. The van der Waals surface area contributed by atoms with Gasteiger partial charge in [0.2, 0.25) is 0 Å². The normalized spacial score (nSPS) is 14.9. The lowest BCUT2D eigenvalue weighted by Gasteiger charge is -2.16. The first kappa shape index (κ1) is 12.2. The quantitative estimate of drug-likeness (QED) is 0.234. The Bertz CT molecular complexity index is 159. The van der Waals surface area contributed by atoms with Crippen LogP contribution in [-0.2, 0) is 0 Å². The van der Waals surface area contributed by atoms with Crippen molar-refractivity contribution in [1.82, 2.24) is 4.90 Å². The highest BCUT2D eigenvalue weighted by molar-refractivity contribution is 5.79. The molecule has 0 heterocycles. The molecule has 0 aromatic heterocycles. The lowest BCUT2D eigenvalue weighted by molar-refractivity contribution is 0.165. The van der Waals surface area contributed by atoms with Gasteiger partial charge in [-0.3, -0.25) is 0 Å². The Morgan fingerprint density at radius 2 is 2.15 bits per heavy atom. The molecule has 5 nitrogen and oxygen atoms in total. The molecular formula is C8H19N3O2. The summed E-state index contributed by atoms with van der Waals surface area (Å²) < 4.78 is 0. The Hall–Kier alpha value is -0.810. The summed E-state index contributed by atoms with van der Waals surface area (Å²) in [6.07, 6.45) is 1.02. The maximum absolute atomic E-state index is 9.01. The first-order valence-corrected chi connectivity index (χ1v) is 4.39. The molecule has 0 aliphatic carbocycles. The minimum absolute atomic E-state index is 0.240. The molecule has 0 rings (SSSR count). The molecule has 13 heavy (non-hydrogen) atoms. The van der Waals surface area contributed by atoms with Gasteiger partial charge in [-0.15, -0.1) is 0 Å². The zero-order chi connectivity index (χ0) is 10.3. The maximum atomic E-state index is 9.01. The van der Waals surface area contributed by atoms with Crippen LogP contribution in [-0.4, -0.2) is 47.3 Å². The van der Waals surface area contributed by atoms with E-state index in [4.69, 9.17) is 16.0 Å². The highest BCUT2D eigenvalue weighted by Crippen LogP contribution is 1.94. The van der Waals surface area contributed by atoms with Crippen molar-refractivity contribution in [3.8, 4) is 0 Å². The van der Waals surface area contributed by atoms with Gasteiger partial charge < -0.3 is 20.9 Å². The third-order valence-corrected chi connectivity index (χ3v) is 1.81. The molecule has 0 amide bonds. The van der Waals surface area contributed by atoms with E-state index in [1.165, 1.54) is 0 Å². The van der Waals surface area contributed by atoms with E-state index in [0.717, 1.165) is 19.5 Å². The number of rotatable bonds is 6. The molecule has 4 N–H and O–H groups in total. The molecule has 0 bridgehead atoms. The van der Waals surface area contributed by atoms with Gasteiger partial charge in [-0.25, -0.2) is 0 Å². The van der Waals surface area contributed by atoms with E-state index in [0.29, 0.717) is 6.42 Å². The highest BCUT2D eigenvalue weighted by Gasteiger charge is 2.02. The first-order valence-electron chi connectivity index (χ1n) is 4.39. The molecular weight excluding hydrogens is 170 g/mol. The van der Waals surface area contributed by atoms with Gasteiger partial charge in [0.05, 0.1) is 6.10 Å². The fourth-order valence-electron chi connectivity index (χ4n) is 0.874. The van der Waals surface area contributed by atoms with Crippen molar-refractivity contribution in [1.29, 1.82) is 0 Å². The van der Waals surface area contributed by atoms with Gasteiger partial charge in [-0.05, 0) is 20.4 Å². The molecule has 0 radical (unpaired) electrons. The second kappa shape index (κ2) is 6.68. The monoisotopic (exact) mass is 189 g/mol. The fraction of sp³-hybridized carbons (Fsp3) is 0.875. The molecule has 0 spiro atoms. The van der Waals surface area contributed by atoms with Gasteiger partial charge in [-0.2, -0.15) is 0 Å². The summed E-state index contributed by atoms with van der Waals surface area (Å²) in [6.45, 7) is 3.32. The number of amidine groups is 1. The summed E-state index contributed by atoms with van der Waals surface area (Å²) in [5.74, 6) is 0.240. The Labute approximate surface area is 78.8 Å². The van der Waals surface area contributed by atoms with Crippen LogP contribution in [0.25, 0.3) is 0 Å². The Morgan fingerprint density at radius 3 is 2.62 bits per heavy atom. The lowest BCUT2D eigenvalue weighted by Crippen LogP contribution is -2.27. The standard InChI is InChI=1S/C8H19N3O2/c1-7(12)3-5-11(2)6-4-8(9)10-13/h7,12-13H,3-6H2,1-2H3,(H2,9,10). The van der Waals surface area contributed by atoms with Crippen molar-refractivity contribution in [2.24, 2.45) is 10.9 Å². The first-order chi connectivity index (χ1) is 6.06. The Morgan fingerprint density at radius 1 is 1.54 bits per heavy atom. The molecule has 0 saturated heterocycles. The van der Waals surface area contributed by atoms with Gasteiger partial charge in [0.15, 0.2) is 0 Å². The third kappa shape index (κ3) is 7.55. The van der Waals surface area contributed by atoms with E-state index >= 15 is 0 Å². The van der Waals surface area contributed by atoms with Gasteiger partial charge >= 0.3 is 0 Å². The van der Waals surface area contributed by atoms with Crippen LogP contribution in [0.4, 0.5) is 0 Å². The summed E-state index contributed by atoms with van der Waals surface area (Å²) in [6, 6.07) is 0. The van der Waals surface area contributed by atoms with Crippen LogP contribution in [0.15, 0.2) is 5.16 Å². The zero-order valence-corrected chi connectivity index (χ0v) is 8.27. The SMILES string of the molecule is CC(O)CCN(C)CCC(N)=NO. The van der Waals surface area contributed by atoms with Crippen LogP contribution in [0.1, 0.15) is 19.8 Å². The molecule has 0 fully saturated rings. The van der Waals surface area contributed by atoms with Crippen molar-refractivity contribution in [2.75, 3.05) is 20.1 Å². The molecule has 0 aromatic rings. The van der Waals surface area contributed by atoms with Gasteiger partial charge in [0.25, 0.3) is 0 Å². The number of aliphatic hydroxyl groups excluding tert-OH is 1. The minimum atomic E-state index is -0.272. The number of nitrogens with two attached hydrogens (primary N) is 1. The van der Waals surface area contributed by atoms with E-state index in [1.807, 2.05) is 11.9 Å². The molecule has 1 atom stereocenters. The maximum Gasteiger partial charge on any atom is 0.140 e. The molecule has 5 heteroatoms. The fourth-order valence-corrected chi connectivity index (χ4v) is 0.874. The second-order valence-corrected chi connectivity index (χ2v) is 3.28. The van der Waals surface area contributed by atoms with Gasteiger partial charge in [-0.1, -0.05) is 5.16 Å². The summed E-state index contributed by atoms with van der Waals surface area (Å²) >= 11 is 0. The summed E-state index contributed by atoms with van der Waals surface area (Å²) in [4.78, 5) is 2.03. The lowest BCUT2D eigenvalue weighted by atomic mass is 10.2. The van der Waals surface area contributed by atoms with E-state index < -0.39 is 0 Å². The van der Waals surface area contributed by atoms with E-state index in [1.54, 1.807) is 6.92 Å². The number of oxime groups is 1. The van der Waals surface area contributed by atoms with E-state index in [-0.39, 0.29) is 11.9 Å². The molecule has 78 valence electrons. The average Bonchev–Trinajstić information content (AvgIpc) is 2.10. The van der Waals surface area contributed by atoms with E-state index in [2.05, 4.69) is 5.16 Å². The summed E-state index contributed by atoms with van der Waals surface area (Å²) in [7, 11) is 1.94. The largest absolute Gasteiger partial charge is 0.409 e. The van der Waals surface area contributed by atoms with Crippen molar-refractivity contribution in [2.45, 2.75) is 25.9 Å². The van der Waals surface area contributed by atoms with Gasteiger partial charge in [0, 0.05) is 19.5 Å². The molecule has 0 aliphatic heterocycles. The van der Waals surface area contributed by atoms with Crippen LogP contribution < -0.4 is 5.73 Å². The van der Waals surface area contributed by atoms with Crippen LogP contribution >= 0.6 is 0 Å². The predicted molar refractivity (Wildman–Crippen MR) is 51.8 cm³/mol. The average molecular weight is 189 g/mol. The van der Waals surface area contributed by atoms with Crippen LogP contribution in [0, 0.1) is 0 Å². The van der Waals surface area contributed by atoms with Crippen molar-refractivity contribution < 1.29 is 10.3 Å². The van der Waals surface area contributed by atoms with Gasteiger partial charge in [0.1, 0.15) is 5.84 Å². The van der Waals surface area contributed by atoms with Crippen molar-refractivity contribution in [3.63, 3.8) is 0 Å². The van der Waals surface area contributed by atoms with Crippen LogP contribution in [0.3, 0.4) is 0 Å². The smallest absolute Gasteiger partial charge is 0.140 e. The summed E-state index contributed by atoms with van der Waals surface area (Å²) in [5.41, 5.74) is 5.30. The zero-order valence-electron chi connectivity index (χ0n) is 8.27. The van der Waals surface area contributed by atoms with Crippen molar-refractivity contribution in [3.05, 3.63) is 0 Å². The Balaban J connectivity index is 3.46. The number of hydrogen-bond donors (Lipinski definition) is 3. The molecule has 1 unspecified atom stereocenters. The van der Waals surface area contributed by atoms with Crippen LogP contribution in [0.2, 0.25) is 0 Å². The molecule has 0 saturated carbocycles. The molecule has 0 aromatic carbocycles.